The summed E-state index contributed by atoms with van der Waals surface area (Å²) in [4.78, 5) is 21.6. The Kier molecular flexibility index (Phi) is 7.40. The minimum atomic E-state index is -3.92. The zero-order valence-electron chi connectivity index (χ0n) is 21.0. The average Bonchev–Trinajstić information content (AvgIpc) is 3.23. The molecule has 4 rings (SSSR count). The van der Waals surface area contributed by atoms with Gasteiger partial charge in [0.2, 0.25) is 0 Å². The summed E-state index contributed by atoms with van der Waals surface area (Å²) in [6.07, 6.45) is 2.16. The molecule has 0 atom stereocenters. The Bertz CT molecular complexity index is 1490. The van der Waals surface area contributed by atoms with E-state index in [0.717, 1.165) is 57.9 Å². The molecule has 0 unspecified atom stereocenters. The second-order valence-electron chi connectivity index (χ2n) is 8.71. The Labute approximate surface area is 211 Å². The van der Waals surface area contributed by atoms with Crippen molar-refractivity contribution in [2.75, 3.05) is 6.54 Å². The molecule has 0 fully saturated rings. The first-order chi connectivity index (χ1) is 17.2. The van der Waals surface area contributed by atoms with E-state index in [0.29, 0.717) is 13.0 Å². The molecule has 4 aromatic rings. The molecule has 0 aliphatic carbocycles. The Balaban J connectivity index is 1.39. The van der Waals surface area contributed by atoms with E-state index >= 15 is 0 Å². The molecule has 0 spiro atoms. The largest absolute Gasteiger partial charge is 0.337 e. The molecule has 9 heteroatoms. The maximum Gasteiger partial charge on any atom is 0.328 e. The van der Waals surface area contributed by atoms with Crippen LogP contribution in [0.5, 0.6) is 0 Å². The molecule has 2 aromatic heterocycles. The maximum absolute atomic E-state index is 12.4. The van der Waals surface area contributed by atoms with Gasteiger partial charge in [-0.2, -0.15) is 0 Å². The van der Waals surface area contributed by atoms with Crippen molar-refractivity contribution < 1.29 is 13.2 Å². The first-order valence-corrected chi connectivity index (χ1v) is 13.5. The van der Waals surface area contributed by atoms with Crippen molar-refractivity contribution in [3.63, 3.8) is 0 Å². The van der Waals surface area contributed by atoms with Crippen LogP contribution in [0.1, 0.15) is 42.2 Å². The number of sulfonamides is 1. The predicted octanol–water partition coefficient (Wildman–Crippen LogP) is 4.39. The van der Waals surface area contributed by atoms with Crippen molar-refractivity contribution in [1.82, 2.24) is 24.6 Å². The van der Waals surface area contributed by atoms with E-state index in [1.165, 1.54) is 12.1 Å². The third-order valence-electron chi connectivity index (χ3n) is 6.09. The molecule has 0 saturated heterocycles. The zero-order chi connectivity index (χ0) is 25.9. The Morgan fingerprint density at radius 2 is 1.58 bits per heavy atom. The monoisotopic (exact) mass is 505 g/mol. The van der Waals surface area contributed by atoms with Gasteiger partial charge in [0.1, 0.15) is 11.3 Å². The van der Waals surface area contributed by atoms with E-state index in [1.807, 2.05) is 45.0 Å². The summed E-state index contributed by atoms with van der Waals surface area (Å²) in [5.74, 6) is 0.970. The molecule has 8 nitrogen and oxygen atoms in total. The number of amides is 2. The van der Waals surface area contributed by atoms with E-state index in [4.69, 9.17) is 4.98 Å². The molecule has 0 aliphatic heterocycles. The van der Waals surface area contributed by atoms with Crippen LogP contribution in [0.2, 0.25) is 0 Å². The summed E-state index contributed by atoms with van der Waals surface area (Å²) in [6, 6.07) is 15.9. The topological polar surface area (TPSA) is 106 Å². The van der Waals surface area contributed by atoms with Gasteiger partial charge in [0.15, 0.2) is 0 Å². The summed E-state index contributed by atoms with van der Waals surface area (Å²) in [5, 5.41) is 2.63. The van der Waals surface area contributed by atoms with Gasteiger partial charge in [0.05, 0.1) is 16.1 Å². The van der Waals surface area contributed by atoms with Crippen LogP contribution in [0.15, 0.2) is 59.5 Å². The number of hydrogen-bond donors (Lipinski definition) is 2. The molecule has 2 heterocycles. The second kappa shape index (κ2) is 10.5. The van der Waals surface area contributed by atoms with Crippen molar-refractivity contribution in [3.8, 4) is 5.69 Å². The van der Waals surface area contributed by atoms with Crippen molar-refractivity contribution in [2.45, 2.75) is 51.9 Å². The van der Waals surface area contributed by atoms with Crippen LogP contribution in [-0.4, -0.2) is 35.5 Å². The van der Waals surface area contributed by atoms with E-state index in [-0.39, 0.29) is 4.90 Å². The van der Waals surface area contributed by atoms with Crippen LogP contribution >= 0.6 is 0 Å². The minimum absolute atomic E-state index is 0.0603. The van der Waals surface area contributed by atoms with Crippen LogP contribution < -0.4 is 10.0 Å². The second-order valence-corrected chi connectivity index (χ2v) is 10.4. The molecule has 0 aliphatic rings. The average molecular weight is 506 g/mol. The lowest BCUT2D eigenvalue weighted by Crippen LogP contribution is -2.40. The third-order valence-corrected chi connectivity index (χ3v) is 7.44. The van der Waals surface area contributed by atoms with Gasteiger partial charge < -0.3 is 5.32 Å². The summed E-state index contributed by atoms with van der Waals surface area (Å²) in [5.41, 5.74) is 6.87. The molecule has 2 aromatic carbocycles. The highest BCUT2D eigenvalue weighted by atomic mass is 32.2. The van der Waals surface area contributed by atoms with Gasteiger partial charge in [0.25, 0.3) is 10.0 Å². The molecule has 0 saturated carbocycles. The number of pyridine rings is 1. The van der Waals surface area contributed by atoms with E-state index in [1.54, 1.807) is 12.1 Å². The number of fused-ring (bicyclic) bond motifs is 1. The summed E-state index contributed by atoms with van der Waals surface area (Å²) in [6.45, 7) is 8.33. The number of aryl methyl sites for hydroxylation is 4. The number of carbonyl (C=O) groups is 1. The Morgan fingerprint density at radius 3 is 2.22 bits per heavy atom. The normalized spacial score (nSPS) is 11.6. The number of aromatic nitrogens is 3. The quantitative estimate of drug-likeness (QED) is 0.369. The zero-order valence-corrected chi connectivity index (χ0v) is 21.8. The lowest BCUT2D eigenvalue weighted by Gasteiger charge is -2.11. The summed E-state index contributed by atoms with van der Waals surface area (Å²) < 4.78 is 29.1. The third kappa shape index (κ3) is 5.41. The molecule has 2 N–H and O–H groups in total. The molecular weight excluding hydrogens is 474 g/mol. The van der Waals surface area contributed by atoms with E-state index < -0.39 is 16.1 Å². The number of hydrogen-bond acceptors (Lipinski definition) is 5. The number of benzene rings is 2. The number of imidazole rings is 1. The van der Waals surface area contributed by atoms with Gasteiger partial charge in [0, 0.05) is 24.3 Å². The minimum Gasteiger partial charge on any atom is -0.337 e. The molecule has 36 heavy (non-hydrogen) atoms. The van der Waals surface area contributed by atoms with Crippen molar-refractivity contribution in [2.24, 2.45) is 0 Å². The fraction of sp³-hybridized carbons (Fsp3) is 0.296. The lowest BCUT2D eigenvalue weighted by molar-refractivity contribution is 0.246. The van der Waals surface area contributed by atoms with Crippen LogP contribution in [-0.2, 0) is 29.3 Å². The number of nitrogens with zero attached hydrogens (tertiary/aromatic N) is 3. The number of urea groups is 1. The standard InChI is InChI=1S/C27H31N5O3S/c1-5-20-9-13-23(14-10-20)36(34,35)31-27(33)28-16-15-21-7-11-22(12-8-21)32-24-17-18(3)29-19(4)26(24)30-25(32)6-2/h7-14,17H,5-6,15-16H2,1-4H3,(H2,28,31,33). The van der Waals surface area contributed by atoms with Gasteiger partial charge in [-0.15, -0.1) is 0 Å². The predicted molar refractivity (Wildman–Crippen MR) is 141 cm³/mol. The highest BCUT2D eigenvalue weighted by Crippen LogP contribution is 2.24. The van der Waals surface area contributed by atoms with Gasteiger partial charge in [-0.25, -0.2) is 22.9 Å². The van der Waals surface area contributed by atoms with Crippen molar-refractivity contribution in [1.29, 1.82) is 0 Å². The van der Waals surface area contributed by atoms with Crippen molar-refractivity contribution >= 4 is 27.1 Å². The van der Waals surface area contributed by atoms with Gasteiger partial charge in [-0.3, -0.25) is 9.55 Å². The fourth-order valence-corrected chi connectivity index (χ4v) is 5.14. The van der Waals surface area contributed by atoms with Gasteiger partial charge in [-0.1, -0.05) is 38.1 Å². The van der Waals surface area contributed by atoms with Crippen LogP contribution in [0.4, 0.5) is 4.79 Å². The summed E-state index contributed by atoms with van der Waals surface area (Å²) in [7, 11) is -3.92. The highest BCUT2D eigenvalue weighted by molar-refractivity contribution is 7.90. The molecule has 0 bridgehead atoms. The molecule has 2 amide bonds. The molecule has 0 radical (unpaired) electrons. The van der Waals surface area contributed by atoms with Crippen LogP contribution in [0.3, 0.4) is 0 Å². The SMILES string of the molecule is CCc1ccc(S(=O)(=O)NC(=O)NCCc2ccc(-n3c(CC)nc4c(C)nc(C)cc43)cc2)cc1. The Hall–Kier alpha value is -3.72. The Morgan fingerprint density at radius 1 is 0.917 bits per heavy atom. The number of nitrogens with one attached hydrogen (secondary N) is 2. The number of carbonyl (C=O) groups excluding carboxylic acids is 1. The van der Waals surface area contributed by atoms with Crippen LogP contribution in [0.25, 0.3) is 16.7 Å². The van der Waals surface area contributed by atoms with Crippen molar-refractivity contribution in [3.05, 3.63) is 82.9 Å². The fourth-order valence-electron chi connectivity index (χ4n) is 4.21. The first kappa shape index (κ1) is 25.4. The lowest BCUT2D eigenvalue weighted by atomic mass is 10.1. The van der Waals surface area contributed by atoms with E-state index in [9.17, 15) is 13.2 Å². The maximum atomic E-state index is 12.4. The molecule has 188 valence electrons. The number of rotatable bonds is 8. The first-order valence-electron chi connectivity index (χ1n) is 12.1. The van der Waals surface area contributed by atoms with Gasteiger partial charge >= 0.3 is 6.03 Å². The summed E-state index contributed by atoms with van der Waals surface area (Å²) >= 11 is 0. The smallest absolute Gasteiger partial charge is 0.328 e. The molecular formula is C27H31N5O3S. The highest BCUT2D eigenvalue weighted by Gasteiger charge is 2.17. The van der Waals surface area contributed by atoms with Crippen LogP contribution in [0, 0.1) is 13.8 Å². The van der Waals surface area contributed by atoms with Gasteiger partial charge in [-0.05, 0) is 68.1 Å². The van der Waals surface area contributed by atoms with E-state index in [2.05, 4.69) is 32.6 Å².